The van der Waals surface area contributed by atoms with Crippen molar-refractivity contribution in [2.75, 3.05) is 51.0 Å². The van der Waals surface area contributed by atoms with Crippen molar-refractivity contribution < 1.29 is 31.8 Å². The molecule has 11 nitrogen and oxygen atoms in total. The quantitative estimate of drug-likeness (QED) is 0.287. The molecule has 3 aromatic rings. The minimum absolute atomic E-state index is 0.0127. The van der Waals surface area contributed by atoms with Crippen LogP contribution < -0.4 is 15.4 Å². The summed E-state index contributed by atoms with van der Waals surface area (Å²) in [4.78, 5) is 27.9. The molecule has 3 atom stereocenters. The van der Waals surface area contributed by atoms with Crippen LogP contribution in [-0.4, -0.2) is 87.5 Å². The number of hydrogen-bond acceptors (Lipinski definition) is 9. The number of anilines is 2. The standard InChI is InChI=1S/C32H37ClF4N8O3/c1-42(2)29(46)25-11-20-15-43(6-4-8-45(20)41-25)28-22-16-47-26(21-9-19(38)10-23(33)27(21)32(35,36)37)12-24(22)39-30(40-28)48-17-31-5-3-7-44(31)14-18(34)13-31/h9-11,18,26H,3-8,12-17,38H2,1-2H3/t18-,26+,31?/m1/s1. The molecule has 2 saturated heterocycles. The molecule has 1 amide bonds. The molecule has 0 saturated carbocycles. The van der Waals surface area contributed by atoms with E-state index in [9.17, 15) is 22.4 Å². The topological polar surface area (TPSA) is 115 Å². The number of carbonyl (C=O) groups is 1. The number of rotatable bonds is 6. The highest BCUT2D eigenvalue weighted by Gasteiger charge is 2.49. The van der Waals surface area contributed by atoms with Crippen LogP contribution in [0.15, 0.2) is 18.2 Å². The van der Waals surface area contributed by atoms with Gasteiger partial charge in [-0.15, -0.1) is 0 Å². The number of aryl methyl sites for hydroxylation is 1. The molecular formula is C32H37ClF4N8O3. The molecule has 0 radical (unpaired) electrons. The van der Waals surface area contributed by atoms with Gasteiger partial charge in [0.15, 0.2) is 5.69 Å². The molecule has 2 N–H and O–H groups in total. The van der Waals surface area contributed by atoms with Gasteiger partial charge in [-0.3, -0.25) is 14.4 Å². The van der Waals surface area contributed by atoms with Gasteiger partial charge in [0.2, 0.25) is 0 Å². The Bertz CT molecular complexity index is 1740. The smallest absolute Gasteiger partial charge is 0.418 e. The molecule has 1 aromatic carbocycles. The van der Waals surface area contributed by atoms with E-state index >= 15 is 0 Å². The minimum atomic E-state index is -4.74. The van der Waals surface area contributed by atoms with E-state index in [0.29, 0.717) is 61.8 Å². The van der Waals surface area contributed by atoms with Crippen molar-refractivity contribution >= 4 is 29.0 Å². The van der Waals surface area contributed by atoms with Crippen LogP contribution in [0.2, 0.25) is 5.02 Å². The van der Waals surface area contributed by atoms with Crippen molar-refractivity contribution in [1.29, 1.82) is 0 Å². The lowest BCUT2D eigenvalue weighted by atomic mass is 9.94. The number of benzene rings is 1. The van der Waals surface area contributed by atoms with E-state index < -0.39 is 34.6 Å². The van der Waals surface area contributed by atoms with E-state index in [2.05, 4.69) is 10.00 Å². The van der Waals surface area contributed by atoms with Gasteiger partial charge in [0.05, 0.1) is 46.8 Å². The molecule has 4 aliphatic rings. The average molecular weight is 693 g/mol. The minimum Gasteiger partial charge on any atom is -0.461 e. The van der Waals surface area contributed by atoms with Crippen molar-refractivity contribution in [3.05, 3.63) is 57.0 Å². The number of halogens is 5. The molecule has 258 valence electrons. The Morgan fingerprint density at radius 3 is 2.77 bits per heavy atom. The second kappa shape index (κ2) is 12.3. The van der Waals surface area contributed by atoms with Crippen molar-refractivity contribution in [2.45, 2.75) is 75.8 Å². The largest absolute Gasteiger partial charge is 0.461 e. The number of nitrogens with zero attached hydrogens (tertiary/aromatic N) is 7. The number of hydrogen-bond donors (Lipinski definition) is 1. The normalized spacial score (nSPS) is 24.2. The van der Waals surface area contributed by atoms with E-state index in [0.717, 1.165) is 31.1 Å². The summed E-state index contributed by atoms with van der Waals surface area (Å²) in [5.41, 5.74) is 6.67. The number of aromatic nitrogens is 4. The van der Waals surface area contributed by atoms with Crippen LogP contribution in [0.3, 0.4) is 0 Å². The lowest BCUT2D eigenvalue weighted by Crippen LogP contribution is -2.43. The third kappa shape index (κ3) is 6.04. The van der Waals surface area contributed by atoms with E-state index in [1.165, 1.54) is 11.0 Å². The summed E-state index contributed by atoms with van der Waals surface area (Å²) in [5.74, 6) is 0.320. The van der Waals surface area contributed by atoms with Crippen molar-refractivity contribution in [1.82, 2.24) is 29.5 Å². The lowest BCUT2D eigenvalue weighted by molar-refractivity contribution is -0.139. The molecule has 16 heteroatoms. The molecule has 4 aliphatic heterocycles. The summed E-state index contributed by atoms with van der Waals surface area (Å²) in [6.45, 7) is 2.81. The molecule has 1 unspecified atom stereocenters. The maximum atomic E-state index is 14.5. The zero-order chi connectivity index (χ0) is 34.0. The number of amides is 1. The third-order valence-corrected chi connectivity index (χ3v) is 10.1. The molecule has 48 heavy (non-hydrogen) atoms. The fourth-order valence-electron chi connectivity index (χ4n) is 7.58. The van der Waals surface area contributed by atoms with Crippen molar-refractivity contribution in [3.8, 4) is 6.01 Å². The Labute approximate surface area is 279 Å². The lowest BCUT2D eigenvalue weighted by Gasteiger charge is -2.33. The monoisotopic (exact) mass is 692 g/mol. The first-order valence-corrected chi connectivity index (χ1v) is 16.4. The summed E-state index contributed by atoms with van der Waals surface area (Å²) >= 11 is 6.07. The first-order chi connectivity index (χ1) is 22.8. The number of nitrogen functional groups attached to an aromatic ring is 1. The zero-order valence-corrected chi connectivity index (χ0v) is 27.5. The molecule has 2 fully saturated rings. The van der Waals surface area contributed by atoms with Gasteiger partial charge in [0.1, 0.15) is 18.6 Å². The van der Waals surface area contributed by atoms with Crippen LogP contribution >= 0.6 is 11.6 Å². The van der Waals surface area contributed by atoms with Crippen LogP contribution in [0.1, 0.15) is 70.4 Å². The van der Waals surface area contributed by atoms with E-state index in [1.807, 2.05) is 9.58 Å². The summed E-state index contributed by atoms with van der Waals surface area (Å²) in [7, 11) is 3.33. The van der Waals surface area contributed by atoms with Gasteiger partial charge >= 0.3 is 12.2 Å². The van der Waals surface area contributed by atoms with Gasteiger partial charge in [-0.2, -0.15) is 28.2 Å². The molecule has 6 heterocycles. The molecule has 2 aromatic heterocycles. The van der Waals surface area contributed by atoms with Crippen LogP contribution in [0.5, 0.6) is 6.01 Å². The van der Waals surface area contributed by atoms with Crippen molar-refractivity contribution in [2.24, 2.45) is 0 Å². The summed E-state index contributed by atoms with van der Waals surface area (Å²) in [5, 5.41) is 4.02. The highest BCUT2D eigenvalue weighted by atomic mass is 35.5. The van der Waals surface area contributed by atoms with Gasteiger partial charge in [0.25, 0.3) is 5.91 Å². The summed E-state index contributed by atoms with van der Waals surface area (Å²) in [6, 6.07) is 4.15. The third-order valence-electron chi connectivity index (χ3n) is 9.80. The molecular weight excluding hydrogens is 656 g/mol. The predicted molar refractivity (Wildman–Crippen MR) is 169 cm³/mol. The Morgan fingerprint density at radius 2 is 2.00 bits per heavy atom. The van der Waals surface area contributed by atoms with Gasteiger partial charge in [-0.1, -0.05) is 11.6 Å². The van der Waals surface area contributed by atoms with Gasteiger partial charge in [0, 0.05) is 57.8 Å². The Kier molecular flexibility index (Phi) is 8.43. The molecule has 7 rings (SSSR count). The van der Waals surface area contributed by atoms with Crippen LogP contribution in [-0.2, 0) is 37.0 Å². The van der Waals surface area contributed by atoms with Crippen LogP contribution in [0, 0.1) is 0 Å². The van der Waals surface area contributed by atoms with Crippen LogP contribution in [0.25, 0.3) is 0 Å². The SMILES string of the molecule is CN(C)C(=O)c1cc2n(n1)CCCN(c1nc(OCC34CCCN3C[C@H](F)C4)nc3c1CO[C@H](c1cc(N)cc(Cl)c1C(F)(F)F)C3)C2. The number of carbonyl (C=O) groups excluding carboxylic acids is 1. The second-order valence-electron chi connectivity index (χ2n) is 13.3. The van der Waals surface area contributed by atoms with Crippen LogP contribution in [0.4, 0.5) is 29.1 Å². The van der Waals surface area contributed by atoms with E-state index in [-0.39, 0.29) is 42.8 Å². The number of nitrogens with two attached hydrogens (primary N) is 1. The second-order valence-corrected chi connectivity index (χ2v) is 13.7. The van der Waals surface area contributed by atoms with Gasteiger partial charge in [-0.05, 0) is 49.6 Å². The molecule has 0 aliphatic carbocycles. The number of alkyl halides is 4. The maximum absolute atomic E-state index is 14.5. The fraction of sp³-hybridized carbons (Fsp3) is 0.562. The fourth-order valence-corrected chi connectivity index (χ4v) is 7.93. The predicted octanol–water partition coefficient (Wildman–Crippen LogP) is 4.81. The van der Waals surface area contributed by atoms with E-state index in [4.69, 9.17) is 36.8 Å². The summed E-state index contributed by atoms with van der Waals surface area (Å²) < 4.78 is 71.3. The highest BCUT2D eigenvalue weighted by Crippen LogP contribution is 2.45. The summed E-state index contributed by atoms with van der Waals surface area (Å²) in [6.07, 6.45) is -3.94. The average Bonchev–Trinajstić information content (AvgIpc) is 3.64. The maximum Gasteiger partial charge on any atom is 0.418 e. The highest BCUT2D eigenvalue weighted by molar-refractivity contribution is 6.31. The Morgan fingerprint density at radius 1 is 1.19 bits per heavy atom. The molecule has 0 bridgehead atoms. The Balaban J connectivity index is 1.25. The zero-order valence-electron chi connectivity index (χ0n) is 26.7. The Hall–Kier alpha value is -3.69. The van der Waals surface area contributed by atoms with Crippen molar-refractivity contribution in [3.63, 3.8) is 0 Å². The number of fused-ring (bicyclic) bond motifs is 3. The van der Waals surface area contributed by atoms with Gasteiger partial charge in [-0.25, -0.2) is 4.39 Å². The number of ether oxygens (including phenoxy) is 2. The van der Waals surface area contributed by atoms with E-state index in [1.54, 1.807) is 20.2 Å². The first kappa shape index (κ1) is 32.8. The first-order valence-electron chi connectivity index (χ1n) is 16.0. The molecule has 0 spiro atoms. The van der Waals surface area contributed by atoms with Gasteiger partial charge < -0.3 is 25.0 Å².